The number of Topliss-reactive ketones (excluding diaryl/α,β-unsaturated/α-hetero) is 1. The van der Waals surface area contributed by atoms with E-state index in [0.29, 0.717) is 5.57 Å². The summed E-state index contributed by atoms with van der Waals surface area (Å²) in [7, 11) is 0. The first-order valence-electron chi connectivity index (χ1n) is 6.40. The van der Waals surface area contributed by atoms with Gasteiger partial charge in [-0.25, -0.2) is 0 Å². The zero-order valence-corrected chi connectivity index (χ0v) is 11.4. The third kappa shape index (κ3) is 3.71. The van der Waals surface area contributed by atoms with Crippen LogP contribution in [0, 0.1) is 0 Å². The van der Waals surface area contributed by atoms with E-state index in [1.807, 2.05) is 0 Å². The van der Waals surface area contributed by atoms with Crippen LogP contribution in [0.1, 0.15) is 19.8 Å². The van der Waals surface area contributed by atoms with Crippen LogP contribution in [0.2, 0.25) is 0 Å². The summed E-state index contributed by atoms with van der Waals surface area (Å²) in [5.41, 5.74) is 0.481. The van der Waals surface area contributed by atoms with Crippen molar-refractivity contribution in [1.82, 2.24) is 5.32 Å². The van der Waals surface area contributed by atoms with Gasteiger partial charge in [0.2, 0.25) is 5.91 Å². The van der Waals surface area contributed by atoms with E-state index >= 15 is 0 Å². The molecule has 2 aliphatic rings. The topological polar surface area (TPSA) is 102 Å². The minimum Gasteiger partial charge on any atom is -0.510 e. The molecule has 0 saturated carbocycles. The second kappa shape index (κ2) is 6.25. The molecule has 1 amide bonds. The summed E-state index contributed by atoms with van der Waals surface area (Å²) >= 11 is 0. The second-order valence-corrected chi connectivity index (χ2v) is 4.62. The van der Waals surface area contributed by atoms with Gasteiger partial charge in [0.05, 0.1) is 6.26 Å². The number of aliphatic hydroxyl groups is 1. The van der Waals surface area contributed by atoms with Crippen molar-refractivity contribution in [2.75, 3.05) is 6.61 Å². The fourth-order valence-corrected chi connectivity index (χ4v) is 1.97. The Balaban J connectivity index is 1.95. The van der Waals surface area contributed by atoms with E-state index in [2.05, 4.69) is 5.32 Å². The quantitative estimate of drug-likeness (QED) is 0.582. The number of hydrogen-bond donors (Lipinski definition) is 2. The van der Waals surface area contributed by atoms with Crippen LogP contribution in [0.15, 0.2) is 35.4 Å². The molecular weight excluding hydrogens is 278 g/mol. The second-order valence-electron chi connectivity index (χ2n) is 4.62. The third-order valence-corrected chi connectivity index (χ3v) is 2.98. The smallest absolute Gasteiger partial charge is 0.303 e. The van der Waals surface area contributed by atoms with Gasteiger partial charge in [-0.05, 0) is 6.08 Å². The van der Waals surface area contributed by atoms with Gasteiger partial charge in [0.15, 0.2) is 11.9 Å². The van der Waals surface area contributed by atoms with Crippen LogP contribution >= 0.6 is 0 Å². The summed E-state index contributed by atoms with van der Waals surface area (Å²) in [5, 5.41) is 11.8. The minimum absolute atomic E-state index is 0.0576. The zero-order chi connectivity index (χ0) is 15.4. The molecule has 7 heteroatoms. The standard InChI is InChI=1S/C14H15NO6/c1-8(16)21-12-7-20-6-9(12)2-5-13(19)15-14-10(17)3-4-11(14)18/h2,5-6,12,17H,3-4,7H2,1H3,(H,15,19). The van der Waals surface area contributed by atoms with E-state index in [4.69, 9.17) is 9.47 Å². The molecule has 0 aromatic rings. The van der Waals surface area contributed by atoms with Crippen molar-refractivity contribution in [3.63, 3.8) is 0 Å². The molecule has 0 spiro atoms. The Morgan fingerprint density at radius 3 is 2.86 bits per heavy atom. The van der Waals surface area contributed by atoms with E-state index in [0.717, 1.165) is 0 Å². The highest BCUT2D eigenvalue weighted by atomic mass is 16.6. The summed E-state index contributed by atoms with van der Waals surface area (Å²) < 4.78 is 10.0. The lowest BCUT2D eigenvalue weighted by atomic mass is 10.2. The predicted molar refractivity (Wildman–Crippen MR) is 70.8 cm³/mol. The largest absolute Gasteiger partial charge is 0.510 e. The molecule has 2 N–H and O–H groups in total. The van der Waals surface area contributed by atoms with Crippen molar-refractivity contribution in [2.24, 2.45) is 0 Å². The lowest BCUT2D eigenvalue weighted by Gasteiger charge is -2.09. The highest BCUT2D eigenvalue weighted by Gasteiger charge is 2.24. The first-order chi connectivity index (χ1) is 9.97. The minimum atomic E-state index is -0.554. The molecule has 0 fully saturated rings. The monoisotopic (exact) mass is 293 g/mol. The van der Waals surface area contributed by atoms with Crippen LogP contribution < -0.4 is 5.32 Å². The maximum absolute atomic E-state index is 11.7. The van der Waals surface area contributed by atoms with Crippen LogP contribution in [0.25, 0.3) is 0 Å². The lowest BCUT2D eigenvalue weighted by molar-refractivity contribution is -0.145. The third-order valence-electron chi connectivity index (χ3n) is 2.98. The van der Waals surface area contributed by atoms with Crippen molar-refractivity contribution >= 4 is 17.7 Å². The number of allylic oxidation sites excluding steroid dienone is 2. The van der Waals surface area contributed by atoms with Crippen LogP contribution in [-0.2, 0) is 23.9 Å². The molecule has 0 bridgehead atoms. The molecule has 7 nitrogen and oxygen atoms in total. The molecular formula is C14H15NO6. The molecule has 0 aromatic heterocycles. The van der Waals surface area contributed by atoms with E-state index < -0.39 is 18.0 Å². The predicted octanol–water partition coefficient (Wildman–Crippen LogP) is 0.637. The van der Waals surface area contributed by atoms with Gasteiger partial charge in [0, 0.05) is 31.4 Å². The van der Waals surface area contributed by atoms with Gasteiger partial charge in [-0.1, -0.05) is 0 Å². The summed E-state index contributed by atoms with van der Waals surface area (Å²) in [6.07, 6.45) is 3.90. The van der Waals surface area contributed by atoms with Crippen molar-refractivity contribution in [2.45, 2.75) is 25.9 Å². The molecule has 1 unspecified atom stereocenters. The first-order valence-corrected chi connectivity index (χ1v) is 6.40. The summed E-state index contributed by atoms with van der Waals surface area (Å²) in [4.78, 5) is 34.0. The van der Waals surface area contributed by atoms with E-state index in [9.17, 15) is 19.5 Å². The number of ketones is 1. The molecule has 1 heterocycles. The molecule has 2 rings (SSSR count). The number of esters is 1. The molecule has 1 aliphatic carbocycles. The number of rotatable bonds is 4. The maximum atomic E-state index is 11.7. The van der Waals surface area contributed by atoms with Gasteiger partial charge in [-0.15, -0.1) is 0 Å². The van der Waals surface area contributed by atoms with Crippen molar-refractivity contribution in [3.05, 3.63) is 35.4 Å². The molecule has 112 valence electrons. The number of carbonyl (C=O) groups is 3. The molecule has 21 heavy (non-hydrogen) atoms. The molecule has 0 saturated heterocycles. The average Bonchev–Trinajstić information content (AvgIpc) is 2.97. The fourth-order valence-electron chi connectivity index (χ4n) is 1.97. The van der Waals surface area contributed by atoms with Gasteiger partial charge < -0.3 is 19.9 Å². The number of ether oxygens (including phenoxy) is 2. The summed E-state index contributed by atoms with van der Waals surface area (Å²) in [6.45, 7) is 1.48. The Hall–Kier alpha value is -2.57. The molecule has 1 aliphatic heterocycles. The van der Waals surface area contributed by atoms with Crippen LogP contribution in [0.5, 0.6) is 0 Å². The Bertz CT molecular complexity index is 572. The Morgan fingerprint density at radius 2 is 2.24 bits per heavy atom. The fraction of sp³-hybridized carbons (Fsp3) is 0.357. The van der Waals surface area contributed by atoms with Crippen LogP contribution in [0.3, 0.4) is 0 Å². The zero-order valence-electron chi connectivity index (χ0n) is 11.4. The molecule has 1 atom stereocenters. The van der Waals surface area contributed by atoms with Gasteiger partial charge in [-0.2, -0.15) is 0 Å². The van der Waals surface area contributed by atoms with Gasteiger partial charge in [0.1, 0.15) is 18.1 Å². The normalized spacial score (nSPS) is 21.5. The lowest BCUT2D eigenvalue weighted by Crippen LogP contribution is -2.25. The van der Waals surface area contributed by atoms with Gasteiger partial charge in [-0.3, -0.25) is 14.4 Å². The maximum Gasteiger partial charge on any atom is 0.303 e. The van der Waals surface area contributed by atoms with Crippen molar-refractivity contribution < 1.29 is 29.0 Å². The highest BCUT2D eigenvalue weighted by molar-refractivity contribution is 6.03. The van der Waals surface area contributed by atoms with E-state index in [1.165, 1.54) is 25.3 Å². The van der Waals surface area contributed by atoms with E-state index in [1.54, 1.807) is 0 Å². The number of carbonyl (C=O) groups excluding carboxylic acids is 3. The van der Waals surface area contributed by atoms with Crippen molar-refractivity contribution in [3.8, 4) is 0 Å². The summed E-state index contributed by atoms with van der Waals surface area (Å²) in [6, 6.07) is 0. The SMILES string of the molecule is CC(=O)OC1COC=C1C=CC(=O)NC1=C(O)CCC1=O. The van der Waals surface area contributed by atoms with Crippen LogP contribution in [-0.4, -0.2) is 35.5 Å². The van der Waals surface area contributed by atoms with Crippen molar-refractivity contribution in [1.29, 1.82) is 0 Å². The number of hydrogen-bond acceptors (Lipinski definition) is 6. The van der Waals surface area contributed by atoms with Gasteiger partial charge >= 0.3 is 5.97 Å². The first kappa shape index (κ1) is 14.8. The Labute approximate surface area is 120 Å². The number of amides is 1. The number of aliphatic hydroxyl groups excluding tert-OH is 1. The molecule has 0 aromatic carbocycles. The van der Waals surface area contributed by atoms with Crippen LogP contribution in [0.4, 0.5) is 0 Å². The highest BCUT2D eigenvalue weighted by Crippen LogP contribution is 2.19. The molecule has 0 radical (unpaired) electrons. The Kier molecular flexibility index (Phi) is 4.42. The number of nitrogens with one attached hydrogen (secondary N) is 1. The Morgan fingerprint density at radius 1 is 1.48 bits per heavy atom. The summed E-state index contributed by atoms with van der Waals surface area (Å²) in [5.74, 6) is -1.40. The average molecular weight is 293 g/mol. The van der Waals surface area contributed by atoms with Gasteiger partial charge in [0.25, 0.3) is 0 Å². The van der Waals surface area contributed by atoms with E-state index in [-0.39, 0.29) is 36.7 Å².